The number of aromatic nitrogens is 1. The molecule has 0 radical (unpaired) electrons. The second kappa shape index (κ2) is 8.99. The Morgan fingerprint density at radius 1 is 1.19 bits per heavy atom. The minimum Gasteiger partial charge on any atom is -0.465 e. The maximum absolute atomic E-state index is 12.6. The van der Waals surface area contributed by atoms with Crippen molar-refractivity contribution < 1.29 is 13.9 Å². The summed E-state index contributed by atoms with van der Waals surface area (Å²) in [5.74, 6) is 1.07. The van der Waals surface area contributed by atoms with Gasteiger partial charge in [0, 0.05) is 19.6 Å². The second-order valence-corrected chi connectivity index (χ2v) is 7.51. The predicted molar refractivity (Wildman–Crippen MR) is 105 cm³/mol. The van der Waals surface area contributed by atoms with Crippen LogP contribution in [0.25, 0.3) is 0 Å². The van der Waals surface area contributed by atoms with Crippen molar-refractivity contribution in [3.63, 3.8) is 0 Å². The number of ether oxygens (including phenoxy) is 1. The Bertz CT molecular complexity index is 837. The van der Waals surface area contributed by atoms with Crippen LogP contribution in [0.2, 0.25) is 20.2 Å². The second-order valence-electron chi connectivity index (χ2n) is 6.02. The average molecular weight is 453 g/mol. The minimum atomic E-state index is -0.498. The lowest BCUT2D eigenvalue weighted by Gasteiger charge is -2.33. The standard InChI is InChI=1S/C17H17Cl4N3O3/c1-9-2-3-11(27-9)10(24-4-6-26-7-5-24)8-22-17(25)15-13(19)12(18)14(20)16(21)23-15/h2-3,10H,4-8H2,1H3,(H,22,25). The Kier molecular flexibility index (Phi) is 6.89. The molecular weight excluding hydrogens is 436 g/mol. The highest BCUT2D eigenvalue weighted by Crippen LogP contribution is 2.36. The van der Waals surface area contributed by atoms with E-state index in [1.165, 1.54) is 0 Å². The highest BCUT2D eigenvalue weighted by molar-refractivity contribution is 6.52. The van der Waals surface area contributed by atoms with Crippen molar-refractivity contribution in [2.75, 3.05) is 32.8 Å². The number of nitrogens with one attached hydrogen (secondary N) is 1. The monoisotopic (exact) mass is 451 g/mol. The molecule has 3 rings (SSSR count). The minimum absolute atomic E-state index is 0.00475. The molecular formula is C17H17Cl4N3O3. The fourth-order valence-electron chi connectivity index (χ4n) is 2.84. The Morgan fingerprint density at radius 3 is 2.52 bits per heavy atom. The predicted octanol–water partition coefficient (Wildman–Crippen LogP) is 4.40. The van der Waals surface area contributed by atoms with Crippen LogP contribution in [-0.4, -0.2) is 48.6 Å². The lowest BCUT2D eigenvalue weighted by molar-refractivity contribution is 0.0117. The molecule has 1 saturated heterocycles. The van der Waals surface area contributed by atoms with Gasteiger partial charge in [0.05, 0.1) is 34.3 Å². The van der Waals surface area contributed by atoms with Crippen LogP contribution in [0, 0.1) is 6.92 Å². The summed E-state index contributed by atoms with van der Waals surface area (Å²) >= 11 is 23.9. The molecule has 1 atom stereocenters. The fourth-order valence-corrected chi connectivity index (χ4v) is 3.66. The van der Waals surface area contributed by atoms with E-state index in [0.29, 0.717) is 19.8 Å². The zero-order valence-corrected chi connectivity index (χ0v) is 17.4. The van der Waals surface area contributed by atoms with Crippen LogP contribution in [0.15, 0.2) is 16.5 Å². The normalized spacial score (nSPS) is 16.3. The number of furan rings is 1. The Hall–Kier alpha value is -1.02. The molecule has 1 N–H and O–H groups in total. The number of pyridine rings is 1. The number of halogens is 4. The summed E-state index contributed by atoms with van der Waals surface area (Å²) in [6, 6.07) is 3.65. The number of morpholine rings is 1. The van der Waals surface area contributed by atoms with Crippen LogP contribution in [0.4, 0.5) is 0 Å². The zero-order chi connectivity index (χ0) is 19.6. The number of amides is 1. The SMILES string of the molecule is Cc1ccc(C(CNC(=O)c2nc(Cl)c(Cl)c(Cl)c2Cl)N2CCOCC2)o1. The van der Waals surface area contributed by atoms with Gasteiger partial charge in [-0.05, 0) is 19.1 Å². The lowest BCUT2D eigenvalue weighted by Crippen LogP contribution is -2.43. The molecule has 6 nitrogen and oxygen atoms in total. The first-order valence-corrected chi connectivity index (χ1v) is 9.76. The third-order valence-corrected chi connectivity index (χ3v) is 5.91. The number of hydrogen-bond donors (Lipinski definition) is 1. The first-order chi connectivity index (χ1) is 12.9. The molecule has 2 aromatic heterocycles. The van der Waals surface area contributed by atoms with Crippen molar-refractivity contribution in [2.45, 2.75) is 13.0 Å². The van der Waals surface area contributed by atoms with E-state index in [1.807, 2.05) is 19.1 Å². The van der Waals surface area contributed by atoms with Crippen molar-refractivity contribution in [3.8, 4) is 0 Å². The highest BCUT2D eigenvalue weighted by atomic mass is 35.5. The van der Waals surface area contributed by atoms with Crippen molar-refractivity contribution in [1.29, 1.82) is 0 Å². The van der Waals surface area contributed by atoms with E-state index < -0.39 is 5.91 Å². The Balaban J connectivity index is 1.78. The summed E-state index contributed by atoms with van der Waals surface area (Å²) in [5, 5.41) is 2.71. The molecule has 27 heavy (non-hydrogen) atoms. The molecule has 0 spiro atoms. The highest BCUT2D eigenvalue weighted by Gasteiger charge is 2.27. The van der Waals surface area contributed by atoms with Crippen molar-refractivity contribution in [3.05, 3.63) is 49.6 Å². The van der Waals surface area contributed by atoms with Crippen LogP contribution in [0.3, 0.4) is 0 Å². The first kappa shape index (κ1) is 20.7. The van der Waals surface area contributed by atoms with E-state index in [1.54, 1.807) is 0 Å². The summed E-state index contributed by atoms with van der Waals surface area (Å²) < 4.78 is 11.2. The van der Waals surface area contributed by atoms with Gasteiger partial charge in [0.2, 0.25) is 0 Å². The van der Waals surface area contributed by atoms with Gasteiger partial charge in [0.25, 0.3) is 5.91 Å². The number of carbonyl (C=O) groups is 1. The van der Waals surface area contributed by atoms with Gasteiger partial charge in [-0.15, -0.1) is 0 Å². The number of aryl methyl sites for hydroxylation is 1. The van der Waals surface area contributed by atoms with Gasteiger partial charge in [-0.1, -0.05) is 46.4 Å². The molecule has 1 amide bonds. The molecule has 146 valence electrons. The molecule has 1 aliphatic rings. The van der Waals surface area contributed by atoms with E-state index >= 15 is 0 Å². The summed E-state index contributed by atoms with van der Waals surface area (Å²) in [4.78, 5) is 18.8. The van der Waals surface area contributed by atoms with Gasteiger partial charge in [-0.3, -0.25) is 9.69 Å². The van der Waals surface area contributed by atoms with Crippen molar-refractivity contribution >= 4 is 52.3 Å². The third-order valence-electron chi connectivity index (χ3n) is 4.23. The van der Waals surface area contributed by atoms with Crippen molar-refractivity contribution in [1.82, 2.24) is 15.2 Å². The number of nitrogens with zero attached hydrogens (tertiary/aromatic N) is 2. The fraction of sp³-hybridized carbons (Fsp3) is 0.412. The molecule has 0 bridgehead atoms. The Labute approximate surface area is 176 Å². The summed E-state index contributed by atoms with van der Waals surface area (Å²) in [6.45, 7) is 4.89. The molecule has 1 unspecified atom stereocenters. The summed E-state index contributed by atoms with van der Waals surface area (Å²) in [6.07, 6.45) is 0. The van der Waals surface area contributed by atoms with Gasteiger partial charge < -0.3 is 14.5 Å². The van der Waals surface area contributed by atoms with Crippen LogP contribution >= 0.6 is 46.4 Å². The average Bonchev–Trinajstić information content (AvgIpc) is 3.10. The van der Waals surface area contributed by atoms with E-state index in [2.05, 4.69) is 15.2 Å². The maximum atomic E-state index is 12.6. The molecule has 1 aliphatic heterocycles. The largest absolute Gasteiger partial charge is 0.465 e. The van der Waals surface area contributed by atoms with E-state index in [-0.39, 0.29) is 32.0 Å². The van der Waals surface area contributed by atoms with Gasteiger partial charge in [-0.2, -0.15) is 0 Å². The third kappa shape index (κ3) is 4.70. The number of rotatable bonds is 5. The summed E-state index contributed by atoms with van der Waals surface area (Å²) in [7, 11) is 0. The van der Waals surface area contributed by atoms with Crippen LogP contribution in [-0.2, 0) is 4.74 Å². The lowest BCUT2D eigenvalue weighted by atomic mass is 10.1. The van der Waals surface area contributed by atoms with Gasteiger partial charge >= 0.3 is 0 Å². The van der Waals surface area contributed by atoms with Crippen LogP contribution < -0.4 is 5.32 Å². The molecule has 3 heterocycles. The maximum Gasteiger partial charge on any atom is 0.271 e. The van der Waals surface area contributed by atoms with Gasteiger partial charge in [0.15, 0.2) is 0 Å². The Morgan fingerprint density at radius 2 is 1.89 bits per heavy atom. The van der Waals surface area contributed by atoms with Crippen molar-refractivity contribution in [2.24, 2.45) is 0 Å². The zero-order valence-electron chi connectivity index (χ0n) is 14.4. The van der Waals surface area contributed by atoms with Crippen LogP contribution in [0.5, 0.6) is 0 Å². The molecule has 0 aromatic carbocycles. The number of hydrogen-bond acceptors (Lipinski definition) is 5. The molecule has 2 aromatic rings. The molecule has 10 heteroatoms. The van der Waals surface area contributed by atoms with Gasteiger partial charge in [0.1, 0.15) is 22.4 Å². The smallest absolute Gasteiger partial charge is 0.271 e. The van der Waals surface area contributed by atoms with E-state index in [0.717, 1.165) is 24.6 Å². The molecule has 0 saturated carbocycles. The first-order valence-electron chi connectivity index (χ1n) is 8.24. The molecule has 1 fully saturated rings. The summed E-state index contributed by atoms with van der Waals surface area (Å²) in [5.41, 5.74) is -0.0765. The quantitative estimate of drug-likeness (QED) is 0.681. The van der Waals surface area contributed by atoms with E-state index in [4.69, 9.17) is 55.6 Å². The van der Waals surface area contributed by atoms with Crippen LogP contribution in [0.1, 0.15) is 28.1 Å². The van der Waals surface area contributed by atoms with E-state index in [9.17, 15) is 4.79 Å². The number of carbonyl (C=O) groups excluding carboxylic acids is 1. The van der Waals surface area contributed by atoms with Gasteiger partial charge in [-0.25, -0.2) is 4.98 Å². The molecule has 0 aliphatic carbocycles. The topological polar surface area (TPSA) is 67.6 Å².